The summed E-state index contributed by atoms with van der Waals surface area (Å²) in [4.78, 5) is 4.82. The van der Waals surface area contributed by atoms with Gasteiger partial charge in [-0.25, -0.2) is 13.4 Å². The van der Waals surface area contributed by atoms with Crippen molar-refractivity contribution in [3.63, 3.8) is 0 Å². The van der Waals surface area contributed by atoms with Crippen LogP contribution in [0.4, 0.5) is 5.69 Å². The molecule has 0 amide bonds. The van der Waals surface area contributed by atoms with Crippen molar-refractivity contribution in [1.82, 2.24) is 4.98 Å². The molecule has 0 fully saturated rings. The molecule has 0 bridgehead atoms. The number of rotatable bonds is 7. The zero-order chi connectivity index (χ0) is 20.5. The second-order valence-corrected chi connectivity index (χ2v) is 11.5. The molecule has 0 saturated carbocycles. The van der Waals surface area contributed by atoms with Gasteiger partial charge in [-0.2, -0.15) is 0 Å². The van der Waals surface area contributed by atoms with Crippen molar-refractivity contribution in [2.24, 2.45) is 0 Å². The van der Waals surface area contributed by atoms with E-state index in [4.69, 9.17) is 0 Å². The monoisotopic (exact) mass is 434 g/mol. The first kappa shape index (κ1) is 21.1. The van der Waals surface area contributed by atoms with Crippen molar-refractivity contribution in [3.05, 3.63) is 47.5 Å². The number of fused-ring (bicyclic) bond motifs is 1. The standard InChI is InChI=1S/C21H26N2O2S3/c1-6-26-21-22-18-11-10-15(12-19(18)27-21)28(24,25)23-20-16(13(2)3)8-7-9-17(20)14(4)5/h7-14,23H,6H2,1-5H3. The summed E-state index contributed by atoms with van der Waals surface area (Å²) in [7, 11) is -3.70. The van der Waals surface area contributed by atoms with Crippen LogP contribution in [0.2, 0.25) is 0 Å². The Bertz CT molecular complexity index is 1060. The molecule has 0 saturated heterocycles. The van der Waals surface area contributed by atoms with Crippen molar-refractivity contribution >= 4 is 49.0 Å². The highest BCUT2D eigenvalue weighted by atomic mass is 32.2. The summed E-state index contributed by atoms with van der Waals surface area (Å²) < 4.78 is 31.1. The van der Waals surface area contributed by atoms with E-state index in [1.54, 1.807) is 30.0 Å². The third-order valence-electron chi connectivity index (χ3n) is 4.53. The van der Waals surface area contributed by atoms with Crippen LogP contribution >= 0.6 is 23.1 Å². The quantitative estimate of drug-likeness (QED) is 0.434. The fraction of sp³-hybridized carbons (Fsp3) is 0.381. The molecular formula is C21H26N2O2S3. The summed E-state index contributed by atoms with van der Waals surface area (Å²) >= 11 is 3.20. The van der Waals surface area contributed by atoms with E-state index in [0.717, 1.165) is 31.4 Å². The van der Waals surface area contributed by atoms with Crippen molar-refractivity contribution < 1.29 is 8.42 Å². The van der Waals surface area contributed by atoms with Gasteiger partial charge in [-0.3, -0.25) is 4.72 Å². The van der Waals surface area contributed by atoms with Gasteiger partial charge in [-0.15, -0.1) is 11.3 Å². The molecule has 0 atom stereocenters. The Morgan fingerprint density at radius 2 is 1.71 bits per heavy atom. The number of aromatic nitrogens is 1. The molecule has 3 aromatic rings. The van der Waals surface area contributed by atoms with Crippen molar-refractivity contribution in [2.75, 3.05) is 10.5 Å². The maximum Gasteiger partial charge on any atom is 0.261 e. The molecule has 3 rings (SSSR count). The number of hydrogen-bond donors (Lipinski definition) is 1. The number of benzene rings is 2. The highest BCUT2D eigenvalue weighted by Gasteiger charge is 2.21. The van der Waals surface area contributed by atoms with Crippen LogP contribution in [0, 0.1) is 0 Å². The van der Waals surface area contributed by atoms with E-state index >= 15 is 0 Å². The zero-order valence-electron chi connectivity index (χ0n) is 16.8. The van der Waals surface area contributed by atoms with E-state index in [1.165, 1.54) is 11.3 Å². The summed E-state index contributed by atoms with van der Waals surface area (Å²) in [5, 5.41) is 0. The minimum absolute atomic E-state index is 0.217. The van der Waals surface area contributed by atoms with Crippen molar-refractivity contribution in [1.29, 1.82) is 0 Å². The molecule has 4 nitrogen and oxygen atoms in total. The number of hydrogen-bond acceptors (Lipinski definition) is 5. The molecule has 0 unspecified atom stereocenters. The molecule has 0 radical (unpaired) electrons. The van der Waals surface area contributed by atoms with Crippen molar-refractivity contribution in [3.8, 4) is 0 Å². The lowest BCUT2D eigenvalue weighted by atomic mass is 9.93. The Hall–Kier alpha value is -1.57. The molecule has 0 aliphatic carbocycles. The van der Waals surface area contributed by atoms with E-state index < -0.39 is 10.0 Å². The van der Waals surface area contributed by atoms with Gasteiger partial charge in [0.05, 0.1) is 20.8 Å². The summed E-state index contributed by atoms with van der Waals surface area (Å²) in [5.41, 5.74) is 3.56. The average molecular weight is 435 g/mol. The smallest absolute Gasteiger partial charge is 0.261 e. The number of nitrogens with zero attached hydrogens (tertiary/aromatic N) is 1. The lowest BCUT2D eigenvalue weighted by molar-refractivity contribution is 0.601. The van der Waals surface area contributed by atoms with Crippen LogP contribution in [0.3, 0.4) is 0 Å². The van der Waals surface area contributed by atoms with Crippen LogP contribution in [0.1, 0.15) is 57.6 Å². The first-order valence-corrected chi connectivity index (χ1v) is 12.7. The van der Waals surface area contributed by atoms with E-state index in [1.807, 2.05) is 18.2 Å². The Balaban J connectivity index is 2.04. The van der Waals surface area contributed by atoms with Gasteiger partial charge in [0.25, 0.3) is 10.0 Å². The maximum absolute atomic E-state index is 13.2. The van der Waals surface area contributed by atoms with Gasteiger partial charge in [0.2, 0.25) is 0 Å². The highest BCUT2D eigenvalue weighted by molar-refractivity contribution is 8.01. The number of thioether (sulfide) groups is 1. The van der Waals surface area contributed by atoms with Crippen LogP contribution in [0.5, 0.6) is 0 Å². The minimum atomic E-state index is -3.70. The number of anilines is 1. The number of thiazole rings is 1. The summed E-state index contributed by atoms with van der Waals surface area (Å²) in [6, 6.07) is 11.1. The Kier molecular flexibility index (Phi) is 6.37. The Morgan fingerprint density at radius 3 is 2.29 bits per heavy atom. The van der Waals surface area contributed by atoms with Gasteiger partial charge in [0, 0.05) is 0 Å². The van der Waals surface area contributed by atoms with Crippen LogP contribution in [0.25, 0.3) is 10.2 Å². The molecule has 7 heteroatoms. The predicted octanol–water partition coefficient (Wildman–Crippen LogP) is 6.46. The van der Waals surface area contributed by atoms with Crippen LogP contribution in [-0.2, 0) is 10.0 Å². The van der Waals surface area contributed by atoms with E-state index in [2.05, 4.69) is 44.3 Å². The third kappa shape index (κ3) is 4.36. The second-order valence-electron chi connectivity index (χ2n) is 7.27. The number of nitrogens with one attached hydrogen (secondary N) is 1. The largest absolute Gasteiger partial charge is 0.279 e. The molecule has 1 heterocycles. The van der Waals surface area contributed by atoms with E-state index in [-0.39, 0.29) is 16.7 Å². The van der Waals surface area contributed by atoms with Gasteiger partial charge >= 0.3 is 0 Å². The fourth-order valence-corrected chi connectivity index (χ4v) is 6.32. The van der Waals surface area contributed by atoms with Gasteiger partial charge in [-0.1, -0.05) is 64.6 Å². The maximum atomic E-state index is 13.2. The number of para-hydroxylation sites is 1. The zero-order valence-corrected chi connectivity index (χ0v) is 19.3. The second kappa shape index (κ2) is 8.43. The van der Waals surface area contributed by atoms with Gasteiger partial charge in [0.15, 0.2) is 4.34 Å². The SMILES string of the molecule is CCSc1nc2ccc(S(=O)(=O)Nc3c(C(C)C)cccc3C(C)C)cc2s1. The molecular weight excluding hydrogens is 408 g/mol. The van der Waals surface area contributed by atoms with Crippen molar-refractivity contribution in [2.45, 2.75) is 55.7 Å². The number of sulfonamides is 1. The molecule has 28 heavy (non-hydrogen) atoms. The van der Waals surface area contributed by atoms with Crippen LogP contribution in [-0.4, -0.2) is 19.2 Å². The minimum Gasteiger partial charge on any atom is -0.279 e. The molecule has 1 aromatic heterocycles. The molecule has 150 valence electrons. The van der Waals surface area contributed by atoms with E-state index in [9.17, 15) is 8.42 Å². The Labute approximate surface area is 175 Å². The normalized spacial score (nSPS) is 12.2. The fourth-order valence-electron chi connectivity index (χ4n) is 3.10. The predicted molar refractivity (Wildman–Crippen MR) is 121 cm³/mol. The molecule has 2 aromatic carbocycles. The summed E-state index contributed by atoms with van der Waals surface area (Å²) in [6.07, 6.45) is 0. The van der Waals surface area contributed by atoms with Gasteiger partial charge < -0.3 is 0 Å². The van der Waals surface area contributed by atoms with Gasteiger partial charge in [-0.05, 0) is 46.9 Å². The first-order valence-electron chi connectivity index (χ1n) is 9.42. The third-order valence-corrected chi connectivity index (χ3v) is 7.92. The lowest BCUT2D eigenvalue weighted by Crippen LogP contribution is -2.16. The lowest BCUT2D eigenvalue weighted by Gasteiger charge is -2.20. The highest BCUT2D eigenvalue weighted by Crippen LogP contribution is 2.35. The summed E-state index contributed by atoms with van der Waals surface area (Å²) in [5.74, 6) is 1.37. The molecule has 0 aliphatic heterocycles. The summed E-state index contributed by atoms with van der Waals surface area (Å²) in [6.45, 7) is 10.4. The van der Waals surface area contributed by atoms with E-state index in [0.29, 0.717) is 5.69 Å². The molecule has 1 N–H and O–H groups in total. The topological polar surface area (TPSA) is 59.1 Å². The molecule has 0 spiro atoms. The first-order chi connectivity index (χ1) is 13.2. The van der Waals surface area contributed by atoms with Crippen LogP contribution < -0.4 is 4.72 Å². The average Bonchev–Trinajstić information content (AvgIpc) is 3.03. The Morgan fingerprint density at radius 1 is 1.07 bits per heavy atom. The molecule has 0 aliphatic rings. The van der Waals surface area contributed by atoms with Crippen LogP contribution in [0.15, 0.2) is 45.6 Å². The van der Waals surface area contributed by atoms with Gasteiger partial charge in [0.1, 0.15) is 0 Å².